The minimum absolute atomic E-state index is 0.226. The largest absolute Gasteiger partial charge is 0.207 e. The highest BCUT2D eigenvalue weighted by atomic mass is 79.9. The van der Waals surface area contributed by atoms with Crippen molar-refractivity contribution < 1.29 is 4.39 Å². The number of hydrogen-bond donors (Lipinski definition) is 0. The zero-order valence-electron chi connectivity index (χ0n) is 11.3. The van der Waals surface area contributed by atoms with Gasteiger partial charge in [0.1, 0.15) is 5.82 Å². The molecular weight excluding hydrogens is 379 g/mol. The van der Waals surface area contributed by atoms with E-state index >= 15 is 0 Å². The van der Waals surface area contributed by atoms with E-state index in [4.69, 9.17) is 0 Å². The molecule has 0 fully saturated rings. The van der Waals surface area contributed by atoms with Crippen LogP contribution in [0.5, 0.6) is 0 Å². The van der Waals surface area contributed by atoms with Crippen LogP contribution in [0.2, 0.25) is 0 Å². The molecule has 0 bridgehead atoms. The summed E-state index contributed by atoms with van der Waals surface area (Å²) in [4.78, 5) is 4.95. The zero-order valence-corrected chi connectivity index (χ0v) is 14.6. The van der Waals surface area contributed by atoms with Crippen molar-refractivity contribution in [1.29, 1.82) is 0 Å². The first-order valence-corrected chi connectivity index (χ1v) is 9.17. The maximum absolute atomic E-state index is 13.7. The molecule has 3 aromatic rings. The average Bonchev–Trinajstić information content (AvgIpc) is 2.51. The molecule has 0 radical (unpaired) electrons. The van der Waals surface area contributed by atoms with Crippen LogP contribution in [0.4, 0.5) is 4.39 Å². The maximum atomic E-state index is 13.7. The molecule has 0 N–H and O–H groups in total. The van der Waals surface area contributed by atoms with Gasteiger partial charge in [0, 0.05) is 24.1 Å². The Morgan fingerprint density at radius 3 is 2.27 bits per heavy atom. The fraction of sp³-hybridized carbons (Fsp3) is 0. The zero-order chi connectivity index (χ0) is 15.1. The number of rotatable bonds is 1. The number of hydrogen-bond acceptors (Lipinski definition) is 2. The third-order valence-electron chi connectivity index (χ3n) is 3.43. The topological polar surface area (TPSA) is 0 Å². The lowest BCUT2D eigenvalue weighted by molar-refractivity contribution is 0.627. The minimum Gasteiger partial charge on any atom is -0.207 e. The lowest BCUT2D eigenvalue weighted by Gasteiger charge is -2.21. The van der Waals surface area contributed by atoms with Crippen molar-refractivity contribution in [1.82, 2.24) is 0 Å². The summed E-state index contributed by atoms with van der Waals surface area (Å²) in [6.07, 6.45) is 0. The van der Waals surface area contributed by atoms with Gasteiger partial charge in [0.15, 0.2) is 0 Å². The second-order valence-electron chi connectivity index (χ2n) is 4.94. The van der Waals surface area contributed by atoms with Crippen LogP contribution in [0.1, 0.15) is 0 Å². The van der Waals surface area contributed by atoms with E-state index in [2.05, 4.69) is 52.3 Å². The first-order chi connectivity index (χ1) is 10.7. The molecule has 0 aliphatic carbocycles. The van der Waals surface area contributed by atoms with Crippen LogP contribution < -0.4 is 0 Å². The molecule has 0 nitrogen and oxygen atoms in total. The molecule has 0 saturated carbocycles. The highest BCUT2D eigenvalue weighted by molar-refractivity contribution is 9.10. The first kappa shape index (κ1) is 14.4. The Kier molecular flexibility index (Phi) is 3.76. The Labute approximate surface area is 145 Å². The van der Waals surface area contributed by atoms with Crippen LogP contribution in [0.15, 0.2) is 84.7 Å². The second kappa shape index (κ2) is 5.76. The summed E-state index contributed by atoms with van der Waals surface area (Å²) in [7, 11) is 0. The highest BCUT2D eigenvalue weighted by Crippen LogP contribution is 2.51. The van der Waals surface area contributed by atoms with Gasteiger partial charge in [-0.2, -0.15) is 0 Å². The molecule has 0 amide bonds. The Morgan fingerprint density at radius 2 is 1.50 bits per heavy atom. The summed E-state index contributed by atoms with van der Waals surface area (Å²) in [6, 6.07) is 19.6. The molecule has 4 rings (SSSR count). The van der Waals surface area contributed by atoms with Crippen LogP contribution in [-0.2, 0) is 0 Å². The predicted molar refractivity (Wildman–Crippen MR) is 94.2 cm³/mol. The molecule has 0 saturated heterocycles. The van der Waals surface area contributed by atoms with Crippen molar-refractivity contribution in [3.05, 3.63) is 71.0 Å². The molecular formula is C18H10BrFS2. The highest BCUT2D eigenvalue weighted by Gasteiger charge is 2.20. The van der Waals surface area contributed by atoms with Crippen LogP contribution in [0.3, 0.4) is 0 Å². The van der Waals surface area contributed by atoms with Gasteiger partial charge in [-0.1, -0.05) is 63.7 Å². The molecule has 0 unspecified atom stereocenters. The van der Waals surface area contributed by atoms with Gasteiger partial charge < -0.3 is 0 Å². The fourth-order valence-corrected chi connectivity index (χ4v) is 5.35. The van der Waals surface area contributed by atoms with E-state index in [-0.39, 0.29) is 5.82 Å². The van der Waals surface area contributed by atoms with Gasteiger partial charge in [0.2, 0.25) is 0 Å². The SMILES string of the molecule is Fc1cc(Br)cc(-c2cccc3c2Sc2ccccc2S3)c1. The van der Waals surface area contributed by atoms with Crippen molar-refractivity contribution in [3.8, 4) is 11.1 Å². The summed E-state index contributed by atoms with van der Waals surface area (Å²) in [5.74, 6) is -0.226. The molecule has 22 heavy (non-hydrogen) atoms. The minimum atomic E-state index is -0.226. The van der Waals surface area contributed by atoms with Crippen LogP contribution in [0, 0.1) is 5.82 Å². The predicted octanol–water partition coefficient (Wildman–Crippen LogP) is 6.87. The van der Waals surface area contributed by atoms with Crippen molar-refractivity contribution >= 4 is 39.5 Å². The van der Waals surface area contributed by atoms with Crippen LogP contribution >= 0.6 is 39.5 Å². The van der Waals surface area contributed by atoms with Gasteiger partial charge in [0.25, 0.3) is 0 Å². The summed E-state index contributed by atoms with van der Waals surface area (Å²) in [6.45, 7) is 0. The second-order valence-corrected chi connectivity index (χ2v) is 7.99. The van der Waals surface area contributed by atoms with E-state index < -0.39 is 0 Å². The van der Waals surface area contributed by atoms with Gasteiger partial charge in [-0.15, -0.1) is 0 Å². The number of fused-ring (bicyclic) bond motifs is 2. The van der Waals surface area contributed by atoms with Crippen LogP contribution in [-0.4, -0.2) is 0 Å². The molecule has 0 aromatic heterocycles. The Bertz CT molecular complexity index is 856. The van der Waals surface area contributed by atoms with Crippen molar-refractivity contribution in [2.45, 2.75) is 19.6 Å². The van der Waals surface area contributed by atoms with E-state index in [9.17, 15) is 4.39 Å². The number of benzene rings is 3. The van der Waals surface area contributed by atoms with Gasteiger partial charge in [-0.3, -0.25) is 0 Å². The summed E-state index contributed by atoms with van der Waals surface area (Å²) in [5.41, 5.74) is 1.97. The summed E-state index contributed by atoms with van der Waals surface area (Å²) >= 11 is 6.91. The molecule has 0 spiro atoms. The third kappa shape index (κ3) is 2.60. The fourth-order valence-electron chi connectivity index (χ4n) is 2.49. The van der Waals surface area contributed by atoms with E-state index in [1.807, 2.05) is 12.1 Å². The normalized spacial score (nSPS) is 12.6. The molecule has 1 aliphatic heterocycles. The smallest absolute Gasteiger partial charge is 0.124 e. The quantitative estimate of drug-likeness (QED) is 0.348. The lowest BCUT2D eigenvalue weighted by Crippen LogP contribution is -1.92. The standard InChI is InChI=1S/C18H10BrFS2/c19-12-8-11(9-13(20)10-12)14-4-3-7-17-18(14)22-16-6-2-1-5-15(16)21-17/h1-10H. The third-order valence-corrected chi connectivity index (χ3v) is 6.51. The van der Waals surface area contributed by atoms with E-state index in [0.29, 0.717) is 0 Å². The van der Waals surface area contributed by atoms with E-state index in [1.165, 1.54) is 25.6 Å². The Balaban J connectivity index is 1.87. The summed E-state index contributed by atoms with van der Waals surface area (Å²) in [5, 5.41) is 0. The number of halogens is 2. The molecule has 4 heteroatoms. The molecule has 1 heterocycles. The van der Waals surface area contributed by atoms with E-state index in [1.54, 1.807) is 29.6 Å². The molecule has 0 atom stereocenters. The molecule has 108 valence electrons. The first-order valence-electron chi connectivity index (χ1n) is 6.75. The Morgan fingerprint density at radius 1 is 0.773 bits per heavy atom. The molecule has 3 aromatic carbocycles. The van der Waals surface area contributed by atoms with Crippen molar-refractivity contribution in [2.75, 3.05) is 0 Å². The average molecular weight is 389 g/mol. The Hall–Kier alpha value is -1.23. The maximum Gasteiger partial charge on any atom is 0.124 e. The van der Waals surface area contributed by atoms with Crippen molar-refractivity contribution in [2.24, 2.45) is 0 Å². The lowest BCUT2D eigenvalue weighted by atomic mass is 10.1. The van der Waals surface area contributed by atoms with Gasteiger partial charge in [-0.05, 0) is 47.5 Å². The monoisotopic (exact) mass is 388 g/mol. The van der Waals surface area contributed by atoms with Gasteiger partial charge in [0.05, 0.1) is 0 Å². The molecule has 1 aliphatic rings. The summed E-state index contributed by atoms with van der Waals surface area (Å²) < 4.78 is 14.5. The van der Waals surface area contributed by atoms with E-state index in [0.717, 1.165) is 15.6 Å². The van der Waals surface area contributed by atoms with Gasteiger partial charge >= 0.3 is 0 Å². The van der Waals surface area contributed by atoms with Crippen LogP contribution in [0.25, 0.3) is 11.1 Å². The van der Waals surface area contributed by atoms with Gasteiger partial charge in [-0.25, -0.2) is 4.39 Å². The van der Waals surface area contributed by atoms with Crippen molar-refractivity contribution in [3.63, 3.8) is 0 Å².